The molecule has 23 heavy (non-hydrogen) atoms. The van der Waals surface area contributed by atoms with Gasteiger partial charge >= 0.3 is 0 Å². The summed E-state index contributed by atoms with van der Waals surface area (Å²) in [6.45, 7) is 14.2. The number of rotatable bonds is 7. The van der Waals surface area contributed by atoms with Crippen molar-refractivity contribution in [3.05, 3.63) is 22.7 Å². The Bertz CT molecular complexity index is 478. The minimum atomic E-state index is -0.486. The van der Waals surface area contributed by atoms with Gasteiger partial charge in [-0.1, -0.05) is 0 Å². The number of aromatic nitrogens is 1. The Labute approximate surface area is 147 Å². The third-order valence-corrected chi connectivity index (χ3v) is 3.35. The monoisotopic (exact) mass is 390 g/mol. The maximum atomic E-state index is 14.1. The highest BCUT2D eigenvalue weighted by atomic mass is 79.9. The van der Waals surface area contributed by atoms with Gasteiger partial charge in [-0.15, -0.1) is 0 Å². The van der Waals surface area contributed by atoms with Gasteiger partial charge in [-0.05, 0) is 63.5 Å². The van der Waals surface area contributed by atoms with Crippen LogP contribution in [0.1, 0.15) is 41.5 Å². The lowest BCUT2D eigenvalue weighted by Crippen LogP contribution is -2.35. The second-order valence-electron chi connectivity index (χ2n) is 7.37. The average Bonchev–Trinajstić information content (AvgIpc) is 2.37. The lowest BCUT2D eigenvalue weighted by molar-refractivity contribution is -0.00540. The molecule has 6 heteroatoms. The van der Waals surface area contributed by atoms with E-state index in [0.717, 1.165) is 4.47 Å². The van der Waals surface area contributed by atoms with E-state index in [0.29, 0.717) is 32.0 Å². The molecule has 0 amide bonds. The van der Waals surface area contributed by atoms with Gasteiger partial charge in [0.25, 0.3) is 0 Å². The van der Waals surface area contributed by atoms with Crippen LogP contribution in [0.25, 0.3) is 0 Å². The summed E-state index contributed by atoms with van der Waals surface area (Å²) in [6.07, 6.45) is 1.45. The number of nitrogens with zero attached hydrogens (tertiary/aromatic N) is 2. The van der Waals surface area contributed by atoms with Crippen molar-refractivity contribution in [1.82, 2.24) is 4.98 Å². The molecule has 0 spiro atoms. The molecule has 0 unspecified atom stereocenters. The van der Waals surface area contributed by atoms with E-state index in [2.05, 4.69) is 20.9 Å². The zero-order valence-electron chi connectivity index (χ0n) is 14.9. The second-order valence-corrected chi connectivity index (χ2v) is 8.29. The Kier molecular flexibility index (Phi) is 7.42. The Morgan fingerprint density at radius 2 is 1.52 bits per heavy atom. The number of hydrogen-bond donors (Lipinski definition) is 0. The molecule has 132 valence electrons. The van der Waals surface area contributed by atoms with Gasteiger partial charge < -0.3 is 14.4 Å². The normalized spacial score (nSPS) is 12.5. The van der Waals surface area contributed by atoms with Gasteiger partial charge in [0.15, 0.2) is 0 Å². The van der Waals surface area contributed by atoms with Gasteiger partial charge in [-0.2, -0.15) is 4.39 Å². The average molecular weight is 391 g/mol. The van der Waals surface area contributed by atoms with E-state index < -0.39 is 5.95 Å². The van der Waals surface area contributed by atoms with E-state index in [1.54, 1.807) is 6.07 Å². The number of anilines is 1. The molecule has 1 rings (SSSR count). The molecule has 0 aromatic carbocycles. The summed E-state index contributed by atoms with van der Waals surface area (Å²) in [5, 5.41) is 0. The zero-order chi connectivity index (χ0) is 17.7. The van der Waals surface area contributed by atoms with Crippen LogP contribution in [0.2, 0.25) is 0 Å². The summed E-state index contributed by atoms with van der Waals surface area (Å²) in [6, 6.07) is 1.73. The topological polar surface area (TPSA) is 34.6 Å². The van der Waals surface area contributed by atoms with Crippen LogP contribution in [0, 0.1) is 5.95 Å². The number of pyridine rings is 1. The van der Waals surface area contributed by atoms with E-state index in [9.17, 15) is 4.39 Å². The first-order chi connectivity index (χ1) is 10.5. The Morgan fingerprint density at radius 3 is 1.96 bits per heavy atom. The molecule has 0 fully saturated rings. The molecule has 4 nitrogen and oxygen atoms in total. The molecule has 0 N–H and O–H groups in total. The molecule has 0 aliphatic carbocycles. The molecule has 0 aliphatic rings. The molecular weight excluding hydrogens is 363 g/mol. The predicted octanol–water partition coefficient (Wildman–Crippen LogP) is 4.42. The molecule has 0 aliphatic heterocycles. The number of ether oxygens (including phenoxy) is 2. The van der Waals surface area contributed by atoms with E-state index in [4.69, 9.17) is 9.47 Å². The summed E-state index contributed by atoms with van der Waals surface area (Å²) < 4.78 is 26.4. The summed E-state index contributed by atoms with van der Waals surface area (Å²) >= 11 is 3.35. The highest BCUT2D eigenvalue weighted by Crippen LogP contribution is 2.22. The first-order valence-electron chi connectivity index (χ1n) is 7.82. The second kappa shape index (κ2) is 8.40. The van der Waals surface area contributed by atoms with Crippen LogP contribution in [0.4, 0.5) is 10.1 Å². The van der Waals surface area contributed by atoms with Crippen molar-refractivity contribution in [2.24, 2.45) is 0 Å². The minimum absolute atomic E-state index is 0.221. The molecular formula is C17H28BrFN2O2. The molecule has 0 bridgehead atoms. The van der Waals surface area contributed by atoms with Gasteiger partial charge in [0.2, 0.25) is 5.95 Å². The van der Waals surface area contributed by atoms with Gasteiger partial charge in [0.05, 0.1) is 30.1 Å². The van der Waals surface area contributed by atoms with Crippen LogP contribution in [0.5, 0.6) is 0 Å². The van der Waals surface area contributed by atoms with Gasteiger partial charge in [-0.25, -0.2) is 4.98 Å². The van der Waals surface area contributed by atoms with Crippen LogP contribution in [0.3, 0.4) is 0 Å². The third kappa shape index (κ3) is 8.63. The molecule has 0 saturated carbocycles. The molecule has 1 aromatic heterocycles. The summed E-state index contributed by atoms with van der Waals surface area (Å²) in [5.74, 6) is -0.486. The van der Waals surface area contributed by atoms with Crippen LogP contribution in [-0.4, -0.2) is 42.5 Å². The largest absolute Gasteiger partial charge is 0.374 e. The maximum absolute atomic E-state index is 14.1. The van der Waals surface area contributed by atoms with Crippen molar-refractivity contribution in [1.29, 1.82) is 0 Å². The highest BCUT2D eigenvalue weighted by molar-refractivity contribution is 9.10. The maximum Gasteiger partial charge on any atom is 0.236 e. The number of hydrogen-bond acceptors (Lipinski definition) is 4. The van der Waals surface area contributed by atoms with E-state index in [-0.39, 0.29) is 11.2 Å². The van der Waals surface area contributed by atoms with Crippen molar-refractivity contribution in [3.63, 3.8) is 0 Å². The van der Waals surface area contributed by atoms with Crippen LogP contribution >= 0.6 is 15.9 Å². The molecule has 1 heterocycles. The van der Waals surface area contributed by atoms with Gasteiger partial charge in [0, 0.05) is 23.8 Å². The zero-order valence-corrected chi connectivity index (χ0v) is 16.5. The van der Waals surface area contributed by atoms with Gasteiger partial charge in [0.1, 0.15) is 0 Å². The highest BCUT2D eigenvalue weighted by Gasteiger charge is 2.17. The third-order valence-electron chi connectivity index (χ3n) is 2.92. The van der Waals surface area contributed by atoms with Crippen LogP contribution in [-0.2, 0) is 9.47 Å². The van der Waals surface area contributed by atoms with Crippen LogP contribution < -0.4 is 4.90 Å². The van der Waals surface area contributed by atoms with E-state index in [1.165, 1.54) is 6.20 Å². The summed E-state index contributed by atoms with van der Waals surface area (Å²) in [7, 11) is 0. The SMILES string of the molecule is CC(C)(C)OCCN(CCOC(C)(C)C)c1cc(Br)cnc1F. The Balaban J connectivity index is 2.77. The lowest BCUT2D eigenvalue weighted by atomic mass is 10.2. The Morgan fingerprint density at radius 1 is 1.04 bits per heavy atom. The van der Waals surface area contributed by atoms with Crippen molar-refractivity contribution < 1.29 is 13.9 Å². The van der Waals surface area contributed by atoms with E-state index >= 15 is 0 Å². The molecule has 0 saturated heterocycles. The first-order valence-corrected chi connectivity index (χ1v) is 8.61. The Hall–Kier alpha value is -0.720. The van der Waals surface area contributed by atoms with E-state index in [1.807, 2.05) is 46.4 Å². The quantitative estimate of drug-likeness (QED) is 0.645. The summed E-state index contributed by atoms with van der Waals surface area (Å²) in [4.78, 5) is 5.68. The molecule has 1 aromatic rings. The lowest BCUT2D eigenvalue weighted by Gasteiger charge is -2.29. The van der Waals surface area contributed by atoms with Gasteiger partial charge in [-0.3, -0.25) is 0 Å². The van der Waals surface area contributed by atoms with Crippen LogP contribution in [0.15, 0.2) is 16.7 Å². The van der Waals surface area contributed by atoms with Crippen molar-refractivity contribution in [2.75, 3.05) is 31.2 Å². The smallest absolute Gasteiger partial charge is 0.236 e. The predicted molar refractivity (Wildman–Crippen MR) is 95.5 cm³/mol. The standard InChI is InChI=1S/C17H28BrFN2O2/c1-16(2,3)22-9-7-21(8-10-23-17(4,5)6)14-11-13(18)12-20-15(14)19/h11-12H,7-10H2,1-6H3. The van der Waals surface area contributed by atoms with Crippen molar-refractivity contribution >= 4 is 21.6 Å². The van der Waals surface area contributed by atoms with Crippen molar-refractivity contribution in [2.45, 2.75) is 52.7 Å². The number of halogens is 2. The fourth-order valence-electron chi connectivity index (χ4n) is 1.91. The fourth-order valence-corrected chi connectivity index (χ4v) is 2.23. The van der Waals surface area contributed by atoms with Crippen molar-refractivity contribution in [3.8, 4) is 0 Å². The fraction of sp³-hybridized carbons (Fsp3) is 0.706. The molecule has 0 atom stereocenters. The summed E-state index contributed by atoms with van der Waals surface area (Å²) in [5.41, 5.74) is 0.0120. The minimum Gasteiger partial charge on any atom is -0.374 e. The molecule has 0 radical (unpaired) electrons. The first kappa shape index (κ1) is 20.3.